The van der Waals surface area contributed by atoms with E-state index in [9.17, 15) is 0 Å². The van der Waals surface area contributed by atoms with Crippen LogP contribution in [-0.2, 0) is 0 Å². The molecule has 0 aromatic carbocycles. The van der Waals surface area contributed by atoms with Crippen LogP contribution in [0.5, 0.6) is 0 Å². The van der Waals surface area contributed by atoms with Gasteiger partial charge >= 0.3 is 0 Å². The summed E-state index contributed by atoms with van der Waals surface area (Å²) in [6, 6.07) is 3.92. The average molecular weight is 381 g/mol. The summed E-state index contributed by atoms with van der Waals surface area (Å²) in [5.41, 5.74) is 2.60. The van der Waals surface area contributed by atoms with Crippen molar-refractivity contribution in [2.24, 2.45) is 0 Å². The number of rotatable bonds is 6. The third-order valence-electron chi connectivity index (χ3n) is 3.34. The van der Waals surface area contributed by atoms with E-state index in [1.807, 2.05) is 29.7 Å². The number of aryl methyl sites for hydroxylation is 1. The Morgan fingerprint density at radius 1 is 1.27 bits per heavy atom. The summed E-state index contributed by atoms with van der Waals surface area (Å²) in [5.74, 6) is 1.52. The number of halogens is 1. The van der Waals surface area contributed by atoms with Gasteiger partial charge in [0.2, 0.25) is 0 Å². The molecule has 0 unspecified atom stereocenters. The van der Waals surface area contributed by atoms with Gasteiger partial charge in [0.25, 0.3) is 11.1 Å². The molecule has 7 heteroatoms. The number of unbranched alkanes of at least 4 members (excludes halogenated alkanes) is 2. The Balaban J connectivity index is 1.87. The molecule has 0 amide bonds. The smallest absolute Gasteiger partial charge is 0.276 e. The third kappa shape index (κ3) is 3.20. The number of hydrogen-bond acceptors (Lipinski definition) is 5. The first-order chi connectivity index (χ1) is 10.7. The van der Waals surface area contributed by atoms with Crippen LogP contribution in [0.15, 0.2) is 32.4 Å². The molecule has 0 atom stereocenters. The van der Waals surface area contributed by atoms with Gasteiger partial charge in [-0.25, -0.2) is 4.98 Å². The van der Waals surface area contributed by atoms with Crippen LogP contribution < -0.4 is 0 Å². The molecule has 0 radical (unpaired) electrons. The van der Waals surface area contributed by atoms with Gasteiger partial charge in [-0.15, -0.1) is 10.2 Å². The standard InChI is InChI=1S/C15H17BrN4OS/c1-3-4-5-8-22-15-19-18-14(21-15)13-10(2)17-12-7-6-11(16)9-20(12)13/h6-7,9H,3-5,8H2,1-2H3. The zero-order valence-electron chi connectivity index (χ0n) is 12.5. The van der Waals surface area contributed by atoms with Gasteiger partial charge in [-0.2, -0.15) is 0 Å². The van der Waals surface area contributed by atoms with Crippen molar-refractivity contribution in [1.29, 1.82) is 0 Å². The molecule has 3 rings (SSSR count). The lowest BCUT2D eigenvalue weighted by Crippen LogP contribution is -1.89. The first-order valence-corrected chi connectivity index (χ1v) is 9.07. The molecule has 3 aromatic heterocycles. The minimum atomic E-state index is 0.515. The van der Waals surface area contributed by atoms with E-state index in [2.05, 4.69) is 38.0 Å². The predicted molar refractivity (Wildman–Crippen MR) is 91.2 cm³/mol. The fourth-order valence-corrected chi connectivity index (χ4v) is 3.37. The molecule has 3 aromatic rings. The van der Waals surface area contributed by atoms with Gasteiger partial charge in [-0.1, -0.05) is 31.5 Å². The van der Waals surface area contributed by atoms with Crippen molar-refractivity contribution in [3.05, 3.63) is 28.5 Å². The van der Waals surface area contributed by atoms with E-state index in [4.69, 9.17) is 4.42 Å². The molecule has 0 saturated heterocycles. The first kappa shape index (κ1) is 15.6. The predicted octanol–water partition coefficient (Wildman–Crippen LogP) is 4.74. The highest BCUT2D eigenvalue weighted by Crippen LogP contribution is 2.28. The van der Waals surface area contributed by atoms with Crippen molar-refractivity contribution in [2.45, 2.75) is 38.3 Å². The van der Waals surface area contributed by atoms with E-state index in [0.717, 1.165) is 27.3 Å². The molecule has 5 nitrogen and oxygen atoms in total. The molecular weight excluding hydrogens is 364 g/mol. The summed E-state index contributed by atoms with van der Waals surface area (Å²) in [5, 5.41) is 8.94. The topological polar surface area (TPSA) is 56.2 Å². The lowest BCUT2D eigenvalue weighted by molar-refractivity contribution is 0.463. The second-order valence-corrected chi connectivity index (χ2v) is 7.01. The normalized spacial score (nSPS) is 11.4. The maximum absolute atomic E-state index is 5.80. The van der Waals surface area contributed by atoms with E-state index in [0.29, 0.717) is 11.1 Å². The number of fused-ring (bicyclic) bond motifs is 1. The Hall–Kier alpha value is -1.34. The van der Waals surface area contributed by atoms with Crippen molar-refractivity contribution < 1.29 is 4.42 Å². The van der Waals surface area contributed by atoms with Crippen molar-refractivity contribution in [1.82, 2.24) is 19.6 Å². The summed E-state index contributed by atoms with van der Waals surface area (Å²) in [6.07, 6.45) is 5.57. The fraction of sp³-hybridized carbons (Fsp3) is 0.400. The zero-order valence-corrected chi connectivity index (χ0v) is 14.9. The highest BCUT2D eigenvalue weighted by atomic mass is 79.9. The molecule has 22 heavy (non-hydrogen) atoms. The molecule has 0 saturated carbocycles. The van der Waals surface area contributed by atoms with Crippen LogP contribution in [0.3, 0.4) is 0 Å². The van der Waals surface area contributed by atoms with Crippen LogP contribution in [0, 0.1) is 6.92 Å². The molecule has 0 bridgehead atoms. The Morgan fingerprint density at radius 3 is 2.95 bits per heavy atom. The van der Waals surface area contributed by atoms with Gasteiger partial charge in [-0.3, -0.25) is 4.40 Å². The number of imidazole rings is 1. The van der Waals surface area contributed by atoms with Crippen LogP contribution in [0.4, 0.5) is 0 Å². The largest absolute Gasteiger partial charge is 0.410 e. The molecule has 3 heterocycles. The summed E-state index contributed by atoms with van der Waals surface area (Å²) in [7, 11) is 0. The first-order valence-electron chi connectivity index (χ1n) is 7.30. The molecule has 0 aliphatic heterocycles. The van der Waals surface area contributed by atoms with E-state index in [1.54, 1.807) is 11.8 Å². The van der Waals surface area contributed by atoms with Gasteiger partial charge < -0.3 is 4.42 Å². The fourth-order valence-electron chi connectivity index (χ4n) is 2.27. The van der Waals surface area contributed by atoms with E-state index >= 15 is 0 Å². The lowest BCUT2D eigenvalue weighted by Gasteiger charge is -1.99. The molecule has 116 valence electrons. The van der Waals surface area contributed by atoms with Gasteiger partial charge in [0.05, 0.1) is 5.69 Å². The monoisotopic (exact) mass is 380 g/mol. The molecule has 0 aliphatic rings. The zero-order chi connectivity index (χ0) is 15.5. The van der Waals surface area contributed by atoms with Crippen LogP contribution >= 0.6 is 27.7 Å². The SMILES string of the molecule is CCCCCSc1nnc(-c2c(C)nc3ccc(Br)cn23)o1. The maximum Gasteiger partial charge on any atom is 0.276 e. The Morgan fingerprint density at radius 2 is 2.14 bits per heavy atom. The Bertz CT molecular complexity index is 783. The molecule has 0 N–H and O–H groups in total. The maximum atomic E-state index is 5.80. The minimum absolute atomic E-state index is 0.515. The van der Waals surface area contributed by atoms with Crippen LogP contribution in [0.1, 0.15) is 31.9 Å². The van der Waals surface area contributed by atoms with E-state index in [1.165, 1.54) is 19.3 Å². The summed E-state index contributed by atoms with van der Waals surface area (Å²) >= 11 is 5.10. The quantitative estimate of drug-likeness (QED) is 0.456. The van der Waals surface area contributed by atoms with Crippen molar-refractivity contribution in [3.8, 4) is 11.6 Å². The summed E-state index contributed by atoms with van der Waals surface area (Å²) < 4.78 is 8.75. The molecular formula is C15H17BrN4OS. The second-order valence-electron chi connectivity index (χ2n) is 5.05. The van der Waals surface area contributed by atoms with Crippen molar-refractivity contribution >= 4 is 33.3 Å². The number of thioether (sulfide) groups is 1. The van der Waals surface area contributed by atoms with Gasteiger partial charge in [0.1, 0.15) is 11.3 Å². The Kier molecular flexibility index (Phi) is 4.83. The molecule has 0 fully saturated rings. The minimum Gasteiger partial charge on any atom is -0.410 e. The van der Waals surface area contributed by atoms with Crippen LogP contribution in [0.2, 0.25) is 0 Å². The average Bonchev–Trinajstić information content (AvgIpc) is 3.07. The van der Waals surface area contributed by atoms with Crippen molar-refractivity contribution in [2.75, 3.05) is 5.75 Å². The Labute approximate surface area is 141 Å². The van der Waals surface area contributed by atoms with Gasteiger partial charge in [-0.05, 0) is 41.4 Å². The van der Waals surface area contributed by atoms with Crippen LogP contribution in [0.25, 0.3) is 17.2 Å². The number of aromatic nitrogens is 4. The lowest BCUT2D eigenvalue weighted by atomic mass is 10.3. The number of pyridine rings is 1. The van der Waals surface area contributed by atoms with Gasteiger partial charge in [0.15, 0.2) is 0 Å². The second kappa shape index (κ2) is 6.83. The highest BCUT2D eigenvalue weighted by Gasteiger charge is 2.17. The molecule has 0 aliphatic carbocycles. The number of nitrogens with zero attached hydrogens (tertiary/aromatic N) is 4. The molecule has 0 spiro atoms. The third-order valence-corrected chi connectivity index (χ3v) is 4.71. The van der Waals surface area contributed by atoms with Gasteiger partial charge in [0, 0.05) is 16.4 Å². The van der Waals surface area contributed by atoms with Crippen molar-refractivity contribution in [3.63, 3.8) is 0 Å². The number of hydrogen-bond donors (Lipinski definition) is 0. The summed E-state index contributed by atoms with van der Waals surface area (Å²) in [4.78, 5) is 4.53. The van der Waals surface area contributed by atoms with E-state index < -0.39 is 0 Å². The highest BCUT2D eigenvalue weighted by molar-refractivity contribution is 9.10. The summed E-state index contributed by atoms with van der Waals surface area (Å²) in [6.45, 7) is 4.15. The van der Waals surface area contributed by atoms with E-state index in [-0.39, 0.29) is 0 Å². The van der Waals surface area contributed by atoms with Crippen LogP contribution in [-0.4, -0.2) is 25.3 Å².